The molecule has 0 aliphatic rings. The maximum absolute atomic E-state index is 2.42. The average molecular weight is 309 g/mol. The Morgan fingerprint density at radius 3 is 1.00 bits per heavy atom. The molecule has 0 heterocycles. The second-order valence-electron chi connectivity index (χ2n) is 6.67. The highest BCUT2D eigenvalue weighted by Gasteiger charge is 2.09. The van der Waals surface area contributed by atoms with Crippen LogP contribution >= 0.6 is 0 Å². The topological polar surface area (TPSA) is 0 Å². The van der Waals surface area contributed by atoms with E-state index >= 15 is 0 Å². The Bertz CT molecular complexity index is 567. The molecule has 0 amide bonds. The lowest BCUT2D eigenvalue weighted by Gasteiger charge is -2.15. The predicted molar refractivity (Wildman–Crippen MR) is 103 cm³/mol. The third-order valence-corrected chi connectivity index (χ3v) is 5.30. The minimum Gasteiger partial charge on any atom is -0.0613 e. The van der Waals surface area contributed by atoms with Crippen molar-refractivity contribution in [2.75, 3.05) is 0 Å². The zero-order chi connectivity index (χ0) is 17.0. The van der Waals surface area contributed by atoms with Crippen molar-refractivity contribution < 1.29 is 0 Å². The molecule has 0 unspecified atom stereocenters. The number of aryl methyl sites for hydroxylation is 4. The van der Waals surface area contributed by atoms with Gasteiger partial charge in [0, 0.05) is 0 Å². The van der Waals surface area contributed by atoms with Crippen LogP contribution in [0.1, 0.15) is 72.2 Å². The lowest BCUT2D eigenvalue weighted by molar-refractivity contribution is 1.00. The van der Waals surface area contributed by atoms with Crippen LogP contribution in [0.3, 0.4) is 0 Å². The van der Waals surface area contributed by atoms with E-state index in [4.69, 9.17) is 0 Å². The summed E-state index contributed by atoms with van der Waals surface area (Å²) in [6.45, 7) is 13.6. The van der Waals surface area contributed by atoms with Crippen molar-refractivity contribution in [3.63, 3.8) is 0 Å². The third kappa shape index (κ3) is 3.86. The fraction of sp³-hybridized carbons (Fsp3) is 0.478. The molecule has 0 spiro atoms. The van der Waals surface area contributed by atoms with Crippen LogP contribution in [0.4, 0.5) is 0 Å². The molecule has 0 nitrogen and oxygen atoms in total. The van der Waals surface area contributed by atoms with Gasteiger partial charge in [0.05, 0.1) is 0 Å². The zero-order valence-electron chi connectivity index (χ0n) is 15.8. The van der Waals surface area contributed by atoms with Crippen LogP contribution < -0.4 is 0 Å². The second-order valence-corrected chi connectivity index (χ2v) is 6.67. The first kappa shape index (κ1) is 17.8. The van der Waals surface area contributed by atoms with Crippen LogP contribution in [0, 0.1) is 13.8 Å². The van der Waals surface area contributed by atoms with Gasteiger partial charge in [-0.3, -0.25) is 0 Å². The summed E-state index contributed by atoms with van der Waals surface area (Å²) in [4.78, 5) is 0. The first-order chi connectivity index (χ1) is 11.0. The molecule has 0 radical (unpaired) electrons. The minimum atomic E-state index is 1.06. The van der Waals surface area contributed by atoms with Gasteiger partial charge < -0.3 is 0 Å². The van der Waals surface area contributed by atoms with Gasteiger partial charge >= 0.3 is 0 Å². The molecule has 0 aliphatic heterocycles. The van der Waals surface area contributed by atoms with Crippen LogP contribution in [0.25, 0.3) is 0 Å². The largest absolute Gasteiger partial charge is 0.0613 e. The summed E-state index contributed by atoms with van der Waals surface area (Å²) in [6, 6.07) is 9.69. The van der Waals surface area contributed by atoms with Crippen LogP contribution in [0.2, 0.25) is 0 Å². The van der Waals surface area contributed by atoms with Crippen molar-refractivity contribution >= 4 is 0 Å². The van der Waals surface area contributed by atoms with Crippen molar-refractivity contribution in [3.8, 4) is 0 Å². The monoisotopic (exact) mass is 308 g/mol. The summed E-state index contributed by atoms with van der Waals surface area (Å²) >= 11 is 0. The standard InChI is InChI=1S/C23H32/c1-7-20-12-18(13-21(8-2)16(20)5)11-19-14-22(9-3)17(6)23(10-4)15-19/h12-15H,7-11H2,1-6H3. The van der Waals surface area contributed by atoms with Gasteiger partial charge in [-0.2, -0.15) is 0 Å². The Balaban J connectivity index is 2.43. The Morgan fingerprint density at radius 2 is 0.783 bits per heavy atom. The van der Waals surface area contributed by atoms with Crippen molar-refractivity contribution in [2.45, 2.75) is 73.6 Å². The number of hydrogen-bond acceptors (Lipinski definition) is 0. The first-order valence-electron chi connectivity index (χ1n) is 9.26. The zero-order valence-corrected chi connectivity index (χ0v) is 15.8. The third-order valence-electron chi connectivity index (χ3n) is 5.30. The quantitative estimate of drug-likeness (QED) is 0.601. The molecule has 2 aromatic rings. The highest BCUT2D eigenvalue weighted by atomic mass is 14.1. The smallest absolute Gasteiger partial charge is 0.00254 e. The van der Waals surface area contributed by atoms with E-state index in [1.165, 1.54) is 44.5 Å². The summed E-state index contributed by atoms with van der Waals surface area (Å²) in [5.74, 6) is 0. The fourth-order valence-corrected chi connectivity index (χ4v) is 3.73. The second kappa shape index (κ2) is 7.81. The van der Waals surface area contributed by atoms with Crippen molar-refractivity contribution in [1.82, 2.24) is 0 Å². The molecule has 0 saturated carbocycles. The van der Waals surface area contributed by atoms with E-state index < -0.39 is 0 Å². The molecular weight excluding hydrogens is 276 g/mol. The molecule has 0 fully saturated rings. The molecule has 0 aromatic heterocycles. The Kier molecular flexibility index (Phi) is 6.04. The molecule has 0 heteroatoms. The number of hydrogen-bond donors (Lipinski definition) is 0. The summed E-state index contributed by atoms with van der Waals surface area (Å²) in [5.41, 5.74) is 12.0. The van der Waals surface area contributed by atoms with Crippen molar-refractivity contribution in [3.05, 3.63) is 68.8 Å². The Hall–Kier alpha value is -1.56. The van der Waals surface area contributed by atoms with Gasteiger partial charge in [0.1, 0.15) is 0 Å². The normalized spacial score (nSPS) is 11.0. The molecule has 0 aliphatic carbocycles. The maximum atomic E-state index is 2.42. The molecule has 0 bridgehead atoms. The number of rotatable bonds is 6. The van der Waals surface area contributed by atoms with Gasteiger partial charge in [-0.1, -0.05) is 52.0 Å². The molecule has 23 heavy (non-hydrogen) atoms. The maximum Gasteiger partial charge on any atom is -0.00254 e. The molecule has 0 N–H and O–H groups in total. The van der Waals surface area contributed by atoms with Crippen LogP contribution in [0.5, 0.6) is 0 Å². The van der Waals surface area contributed by atoms with E-state index in [1.807, 2.05) is 0 Å². The van der Waals surface area contributed by atoms with E-state index in [9.17, 15) is 0 Å². The Morgan fingerprint density at radius 1 is 0.522 bits per heavy atom. The molecule has 0 atom stereocenters. The summed E-state index contributed by atoms with van der Waals surface area (Å²) in [6.07, 6.45) is 5.56. The fourth-order valence-electron chi connectivity index (χ4n) is 3.73. The molecular formula is C23H32. The van der Waals surface area contributed by atoms with E-state index in [0.717, 1.165) is 32.1 Å². The molecule has 0 saturated heterocycles. The van der Waals surface area contributed by atoms with Gasteiger partial charge in [0.15, 0.2) is 0 Å². The van der Waals surface area contributed by atoms with Gasteiger partial charge in [-0.25, -0.2) is 0 Å². The van der Waals surface area contributed by atoms with E-state index in [0.29, 0.717) is 0 Å². The Labute approximate surface area is 143 Å². The highest BCUT2D eigenvalue weighted by Crippen LogP contribution is 2.24. The van der Waals surface area contributed by atoms with E-state index in [1.54, 1.807) is 0 Å². The summed E-state index contributed by atoms with van der Waals surface area (Å²) < 4.78 is 0. The first-order valence-corrected chi connectivity index (χ1v) is 9.26. The van der Waals surface area contributed by atoms with Gasteiger partial charge in [0.25, 0.3) is 0 Å². The number of benzene rings is 2. The molecule has 2 rings (SSSR count). The van der Waals surface area contributed by atoms with Crippen LogP contribution in [-0.4, -0.2) is 0 Å². The molecule has 124 valence electrons. The van der Waals surface area contributed by atoms with Gasteiger partial charge in [-0.15, -0.1) is 0 Å². The van der Waals surface area contributed by atoms with Gasteiger partial charge in [-0.05, 0) is 90.5 Å². The van der Waals surface area contributed by atoms with E-state index in [-0.39, 0.29) is 0 Å². The van der Waals surface area contributed by atoms with Crippen LogP contribution in [-0.2, 0) is 32.1 Å². The lowest BCUT2D eigenvalue weighted by atomic mass is 9.90. The summed E-state index contributed by atoms with van der Waals surface area (Å²) in [7, 11) is 0. The SMILES string of the molecule is CCc1cc(Cc2cc(CC)c(C)c(CC)c2)cc(CC)c1C. The van der Waals surface area contributed by atoms with Crippen LogP contribution in [0.15, 0.2) is 24.3 Å². The average Bonchev–Trinajstić information content (AvgIpc) is 2.57. The molecule has 2 aromatic carbocycles. The van der Waals surface area contributed by atoms with E-state index in [2.05, 4.69) is 65.8 Å². The minimum absolute atomic E-state index is 1.06. The predicted octanol–water partition coefficient (Wildman–Crippen LogP) is 6.14. The van der Waals surface area contributed by atoms with Crippen molar-refractivity contribution in [1.29, 1.82) is 0 Å². The summed E-state index contributed by atoms with van der Waals surface area (Å²) in [5, 5.41) is 0. The lowest BCUT2D eigenvalue weighted by Crippen LogP contribution is -2.01. The highest BCUT2D eigenvalue weighted by molar-refractivity contribution is 5.43. The van der Waals surface area contributed by atoms with Gasteiger partial charge in [0.2, 0.25) is 0 Å². The van der Waals surface area contributed by atoms with Crippen molar-refractivity contribution in [2.24, 2.45) is 0 Å².